The summed E-state index contributed by atoms with van der Waals surface area (Å²) in [5.74, 6) is -0.518. The summed E-state index contributed by atoms with van der Waals surface area (Å²) in [7, 11) is 0. The Balaban J connectivity index is 1.38. The highest BCUT2D eigenvalue weighted by Gasteiger charge is 2.09. The fourth-order valence-electron chi connectivity index (χ4n) is 2.88. The van der Waals surface area contributed by atoms with Crippen LogP contribution in [0.4, 0.5) is 4.39 Å². The third kappa shape index (κ3) is 4.70. The number of carbonyl (C=O) groups is 1. The average molecular weight is 385 g/mol. The maximum atomic E-state index is 13.2. The molecular weight excluding hydrogens is 369 g/mol. The lowest BCUT2D eigenvalue weighted by molar-refractivity contribution is -0.117. The Bertz CT molecular complexity index is 1120. The lowest BCUT2D eigenvalue weighted by Crippen LogP contribution is -2.08. The predicted octanol–water partition coefficient (Wildman–Crippen LogP) is 3.49. The van der Waals surface area contributed by atoms with Gasteiger partial charge in [-0.2, -0.15) is 4.39 Å². The van der Waals surface area contributed by atoms with E-state index in [1.165, 1.54) is 12.3 Å². The monoisotopic (exact) mass is 385 g/mol. The highest BCUT2D eigenvalue weighted by molar-refractivity contribution is 5.82. The van der Waals surface area contributed by atoms with Crippen LogP contribution in [0.15, 0.2) is 73.6 Å². The van der Waals surface area contributed by atoms with Crippen LogP contribution in [0, 0.1) is 5.95 Å². The summed E-state index contributed by atoms with van der Waals surface area (Å²) in [5.41, 5.74) is 4.34. The molecule has 4 heterocycles. The largest absolute Gasteiger partial charge is 0.299 e. The summed E-state index contributed by atoms with van der Waals surface area (Å²) in [5, 5.41) is 0. The molecule has 0 aliphatic heterocycles. The van der Waals surface area contributed by atoms with E-state index in [1.807, 2.05) is 18.2 Å². The van der Waals surface area contributed by atoms with Crippen molar-refractivity contribution >= 4 is 5.78 Å². The van der Waals surface area contributed by atoms with Crippen molar-refractivity contribution in [1.82, 2.24) is 24.9 Å². The molecule has 0 aromatic carbocycles. The number of aromatic nitrogens is 5. The highest BCUT2D eigenvalue weighted by Crippen LogP contribution is 2.18. The molecule has 4 aromatic heterocycles. The molecule has 4 rings (SSSR count). The van der Waals surface area contributed by atoms with Gasteiger partial charge < -0.3 is 0 Å². The zero-order valence-corrected chi connectivity index (χ0v) is 15.4. The minimum absolute atomic E-state index is 0.0364. The van der Waals surface area contributed by atoms with Gasteiger partial charge in [0.05, 0.1) is 17.6 Å². The maximum Gasteiger partial charge on any atom is 0.213 e. The first-order chi connectivity index (χ1) is 14.2. The molecule has 0 atom stereocenters. The van der Waals surface area contributed by atoms with Crippen molar-refractivity contribution in [3.05, 3.63) is 90.8 Å². The minimum atomic E-state index is -0.554. The van der Waals surface area contributed by atoms with E-state index in [0.29, 0.717) is 17.0 Å². The summed E-state index contributed by atoms with van der Waals surface area (Å²) in [6, 6.07) is 10.3. The van der Waals surface area contributed by atoms with Gasteiger partial charge in [-0.1, -0.05) is 6.07 Å². The molecule has 0 saturated heterocycles. The molecule has 0 aliphatic rings. The van der Waals surface area contributed by atoms with Gasteiger partial charge in [0.15, 0.2) is 0 Å². The summed E-state index contributed by atoms with van der Waals surface area (Å²) >= 11 is 0. The van der Waals surface area contributed by atoms with Gasteiger partial charge in [0.2, 0.25) is 5.95 Å². The Labute approximate surface area is 166 Å². The van der Waals surface area contributed by atoms with Gasteiger partial charge >= 0.3 is 0 Å². The number of nitrogens with zero attached hydrogens (tertiary/aromatic N) is 5. The molecule has 0 fully saturated rings. The molecule has 4 aromatic rings. The van der Waals surface area contributed by atoms with Crippen LogP contribution in [-0.2, 0) is 17.6 Å². The van der Waals surface area contributed by atoms with Gasteiger partial charge in [-0.15, -0.1) is 0 Å². The van der Waals surface area contributed by atoms with Crippen molar-refractivity contribution in [2.45, 2.75) is 12.8 Å². The van der Waals surface area contributed by atoms with Gasteiger partial charge in [0.25, 0.3) is 0 Å². The molecule has 0 unspecified atom stereocenters. The van der Waals surface area contributed by atoms with Crippen LogP contribution < -0.4 is 0 Å². The van der Waals surface area contributed by atoms with Crippen LogP contribution in [0.3, 0.4) is 0 Å². The van der Waals surface area contributed by atoms with Crippen LogP contribution >= 0.6 is 0 Å². The number of hydrogen-bond donors (Lipinski definition) is 0. The first-order valence-corrected chi connectivity index (χ1v) is 8.97. The number of carbonyl (C=O) groups excluding carboxylic acids is 1. The van der Waals surface area contributed by atoms with E-state index in [0.717, 1.165) is 16.8 Å². The van der Waals surface area contributed by atoms with Crippen molar-refractivity contribution in [3.63, 3.8) is 0 Å². The molecule has 0 spiro atoms. The Morgan fingerprint density at radius 1 is 0.759 bits per heavy atom. The van der Waals surface area contributed by atoms with E-state index in [-0.39, 0.29) is 18.6 Å². The first-order valence-electron chi connectivity index (χ1n) is 8.97. The van der Waals surface area contributed by atoms with E-state index in [4.69, 9.17) is 0 Å². The normalized spacial score (nSPS) is 10.7. The maximum absolute atomic E-state index is 13.2. The average Bonchev–Trinajstić information content (AvgIpc) is 2.75. The Morgan fingerprint density at radius 3 is 2.38 bits per heavy atom. The van der Waals surface area contributed by atoms with E-state index in [2.05, 4.69) is 24.9 Å². The van der Waals surface area contributed by atoms with E-state index >= 15 is 0 Å². The number of Topliss-reactive ketones (excluding diaryl/α,β-unsaturated/α-hetero) is 1. The zero-order chi connectivity index (χ0) is 20.1. The molecule has 7 heteroatoms. The Kier molecular flexibility index (Phi) is 5.38. The number of rotatable bonds is 6. The highest BCUT2D eigenvalue weighted by atomic mass is 19.1. The van der Waals surface area contributed by atoms with Crippen LogP contribution in [0.2, 0.25) is 0 Å². The third-order valence-electron chi connectivity index (χ3n) is 4.31. The van der Waals surface area contributed by atoms with Gasteiger partial charge in [-0.25, -0.2) is 4.98 Å². The fourth-order valence-corrected chi connectivity index (χ4v) is 2.88. The molecule has 0 radical (unpaired) electrons. The molecule has 6 nitrogen and oxygen atoms in total. The van der Waals surface area contributed by atoms with Gasteiger partial charge in [0.1, 0.15) is 5.78 Å². The lowest BCUT2D eigenvalue weighted by atomic mass is 10.1. The van der Waals surface area contributed by atoms with Crippen molar-refractivity contribution < 1.29 is 9.18 Å². The van der Waals surface area contributed by atoms with Crippen LogP contribution in [0.1, 0.15) is 11.3 Å². The minimum Gasteiger partial charge on any atom is -0.299 e. The second kappa shape index (κ2) is 8.43. The zero-order valence-electron chi connectivity index (χ0n) is 15.4. The first kappa shape index (κ1) is 18.5. The molecule has 0 aliphatic carbocycles. The second-order valence-corrected chi connectivity index (χ2v) is 6.44. The standard InChI is InChI=1S/C22H16FN5O/c23-22-10-16(5-6-26-22)20-4-1-15(12-28-20)9-19(29)11-18-3-2-17(13-27-18)21-14-24-7-8-25-21/h1-8,10,12-14H,9,11H2. The van der Waals surface area contributed by atoms with Crippen molar-refractivity contribution in [3.8, 4) is 22.5 Å². The number of pyridine rings is 3. The molecule has 142 valence electrons. The second-order valence-electron chi connectivity index (χ2n) is 6.44. The summed E-state index contributed by atoms with van der Waals surface area (Å²) in [6.45, 7) is 0. The van der Waals surface area contributed by atoms with Gasteiger partial charge in [0, 0.05) is 66.7 Å². The van der Waals surface area contributed by atoms with Crippen molar-refractivity contribution in [1.29, 1.82) is 0 Å². The predicted molar refractivity (Wildman–Crippen MR) is 105 cm³/mol. The topological polar surface area (TPSA) is 81.5 Å². The number of ketones is 1. The van der Waals surface area contributed by atoms with Gasteiger partial charge in [-0.3, -0.25) is 24.7 Å². The van der Waals surface area contributed by atoms with Crippen LogP contribution in [-0.4, -0.2) is 30.7 Å². The summed E-state index contributed by atoms with van der Waals surface area (Å²) in [6.07, 6.45) is 10.1. The van der Waals surface area contributed by atoms with Crippen LogP contribution in [0.25, 0.3) is 22.5 Å². The third-order valence-corrected chi connectivity index (χ3v) is 4.31. The summed E-state index contributed by atoms with van der Waals surface area (Å²) < 4.78 is 13.2. The molecule has 0 amide bonds. The smallest absolute Gasteiger partial charge is 0.213 e. The van der Waals surface area contributed by atoms with Crippen LogP contribution in [0.5, 0.6) is 0 Å². The van der Waals surface area contributed by atoms with Crippen molar-refractivity contribution in [2.75, 3.05) is 0 Å². The molecule has 0 N–H and O–H groups in total. The Morgan fingerprint density at radius 2 is 1.69 bits per heavy atom. The Hall–Kier alpha value is -3.87. The molecule has 0 saturated carbocycles. The quantitative estimate of drug-likeness (QED) is 0.473. The fraction of sp³-hybridized carbons (Fsp3) is 0.0909. The van der Waals surface area contributed by atoms with E-state index < -0.39 is 5.95 Å². The number of halogens is 1. The SMILES string of the molecule is O=C(Cc1ccc(-c2ccnc(F)c2)nc1)Cc1ccc(-c2cnccn2)cn1. The lowest BCUT2D eigenvalue weighted by Gasteiger charge is -2.05. The molecule has 0 bridgehead atoms. The summed E-state index contributed by atoms with van der Waals surface area (Å²) in [4.78, 5) is 32.9. The van der Waals surface area contributed by atoms with E-state index in [1.54, 1.807) is 43.1 Å². The van der Waals surface area contributed by atoms with Crippen molar-refractivity contribution in [2.24, 2.45) is 0 Å². The molecule has 29 heavy (non-hydrogen) atoms. The number of hydrogen-bond acceptors (Lipinski definition) is 6. The molecular formula is C22H16FN5O. The van der Waals surface area contributed by atoms with Gasteiger partial charge in [-0.05, 0) is 29.8 Å². The van der Waals surface area contributed by atoms with E-state index in [9.17, 15) is 9.18 Å².